The fourth-order valence-electron chi connectivity index (χ4n) is 2.04. The highest BCUT2D eigenvalue weighted by Crippen LogP contribution is 2.33. The maximum Gasteiger partial charge on any atom is 0.250 e. The van der Waals surface area contributed by atoms with Gasteiger partial charge >= 0.3 is 0 Å². The minimum Gasteiger partial charge on any atom is -0.479 e. The summed E-state index contributed by atoms with van der Waals surface area (Å²) < 4.78 is 24.3. The van der Waals surface area contributed by atoms with E-state index in [0.29, 0.717) is 5.56 Å². The minimum atomic E-state index is -0.577. The van der Waals surface area contributed by atoms with Gasteiger partial charge in [-0.3, -0.25) is 0 Å². The molecule has 2 unspecified atom stereocenters. The number of nitrogens with two attached hydrogens (primary N) is 1. The van der Waals surface area contributed by atoms with Crippen molar-refractivity contribution in [1.29, 1.82) is 0 Å². The van der Waals surface area contributed by atoms with Crippen LogP contribution in [0.3, 0.4) is 0 Å². The number of ether oxygens (including phenoxy) is 2. The molecule has 0 aliphatic heterocycles. The summed E-state index contributed by atoms with van der Waals surface area (Å²) in [6.45, 7) is 5.99. The van der Waals surface area contributed by atoms with Gasteiger partial charge in [-0.15, -0.1) is 0 Å². The van der Waals surface area contributed by atoms with Gasteiger partial charge in [0.1, 0.15) is 0 Å². The van der Waals surface area contributed by atoms with Gasteiger partial charge < -0.3 is 15.2 Å². The summed E-state index contributed by atoms with van der Waals surface area (Å²) in [4.78, 5) is 3.79. The van der Waals surface area contributed by atoms with E-state index in [1.807, 2.05) is 20.8 Å². The van der Waals surface area contributed by atoms with E-state index in [-0.39, 0.29) is 17.4 Å². The second-order valence-electron chi connectivity index (χ2n) is 5.27. The van der Waals surface area contributed by atoms with Gasteiger partial charge in [-0.25, -0.2) is 9.37 Å². The van der Waals surface area contributed by atoms with Crippen LogP contribution in [0.5, 0.6) is 5.88 Å². The number of rotatable bonds is 4. The van der Waals surface area contributed by atoms with Crippen LogP contribution >= 0.6 is 0 Å². The standard InChI is InChI=1S/C13H21FN2O2/c1-13(2,3)11(17-4)10(15)8-6-7-16-12(18-5)9(8)14/h6-7,10-11H,15H2,1-5H3. The number of hydrogen-bond donors (Lipinski definition) is 1. The Balaban J connectivity index is 3.13. The first-order chi connectivity index (χ1) is 8.32. The van der Waals surface area contributed by atoms with Crippen molar-refractivity contribution in [3.8, 4) is 5.88 Å². The summed E-state index contributed by atoms with van der Waals surface area (Å²) in [6.07, 6.45) is 1.17. The monoisotopic (exact) mass is 256 g/mol. The van der Waals surface area contributed by atoms with Crippen molar-refractivity contribution in [2.24, 2.45) is 11.1 Å². The molecule has 5 heteroatoms. The predicted octanol–water partition coefficient (Wildman–Crippen LogP) is 2.29. The number of halogens is 1. The van der Waals surface area contributed by atoms with Crippen LogP contribution in [0.25, 0.3) is 0 Å². The molecule has 1 aromatic heterocycles. The SMILES string of the molecule is COc1nccc(C(N)C(OC)C(C)(C)C)c1F. The Morgan fingerprint density at radius 2 is 1.94 bits per heavy atom. The van der Waals surface area contributed by atoms with Gasteiger partial charge in [0.15, 0.2) is 5.82 Å². The maximum absolute atomic E-state index is 14.1. The van der Waals surface area contributed by atoms with Crippen LogP contribution in [0.15, 0.2) is 12.3 Å². The van der Waals surface area contributed by atoms with E-state index < -0.39 is 11.9 Å². The lowest BCUT2D eigenvalue weighted by molar-refractivity contribution is -0.00326. The highest BCUT2D eigenvalue weighted by atomic mass is 19.1. The van der Waals surface area contributed by atoms with Crippen LogP contribution in [0.4, 0.5) is 4.39 Å². The third kappa shape index (κ3) is 2.97. The smallest absolute Gasteiger partial charge is 0.250 e. The summed E-state index contributed by atoms with van der Waals surface area (Å²) >= 11 is 0. The van der Waals surface area contributed by atoms with E-state index in [4.69, 9.17) is 15.2 Å². The van der Waals surface area contributed by atoms with Crippen LogP contribution in [-0.4, -0.2) is 25.3 Å². The quantitative estimate of drug-likeness (QED) is 0.898. The highest BCUT2D eigenvalue weighted by Gasteiger charge is 2.33. The molecule has 0 bridgehead atoms. The first kappa shape index (κ1) is 14.9. The Labute approximate surface area is 107 Å². The predicted molar refractivity (Wildman–Crippen MR) is 67.9 cm³/mol. The molecule has 4 nitrogen and oxygen atoms in total. The Kier molecular flexibility index (Phi) is 4.65. The van der Waals surface area contributed by atoms with Gasteiger partial charge in [0.05, 0.1) is 19.3 Å². The van der Waals surface area contributed by atoms with Crippen molar-refractivity contribution < 1.29 is 13.9 Å². The average Bonchev–Trinajstić information content (AvgIpc) is 2.28. The number of aromatic nitrogens is 1. The molecule has 0 aromatic carbocycles. The molecule has 1 aromatic rings. The van der Waals surface area contributed by atoms with Gasteiger partial charge in [0.2, 0.25) is 5.88 Å². The van der Waals surface area contributed by atoms with Crippen LogP contribution in [0.1, 0.15) is 32.4 Å². The van der Waals surface area contributed by atoms with E-state index in [1.54, 1.807) is 13.2 Å². The Hall–Kier alpha value is -1.20. The molecule has 0 saturated heterocycles. The normalized spacial score (nSPS) is 15.3. The third-order valence-corrected chi connectivity index (χ3v) is 2.87. The van der Waals surface area contributed by atoms with E-state index >= 15 is 0 Å². The number of nitrogens with zero attached hydrogens (tertiary/aromatic N) is 1. The zero-order valence-electron chi connectivity index (χ0n) is 11.5. The summed E-state index contributed by atoms with van der Waals surface area (Å²) in [5.41, 5.74) is 6.27. The summed E-state index contributed by atoms with van der Waals surface area (Å²) in [7, 11) is 2.95. The molecular formula is C13H21FN2O2. The van der Waals surface area contributed by atoms with E-state index in [2.05, 4.69) is 4.98 Å². The molecule has 0 spiro atoms. The molecule has 102 valence electrons. The van der Waals surface area contributed by atoms with Gasteiger partial charge in [-0.05, 0) is 11.5 Å². The Morgan fingerprint density at radius 1 is 1.33 bits per heavy atom. The van der Waals surface area contributed by atoms with Gasteiger partial charge in [0.25, 0.3) is 0 Å². The molecular weight excluding hydrogens is 235 g/mol. The number of hydrogen-bond acceptors (Lipinski definition) is 4. The van der Waals surface area contributed by atoms with Crippen LogP contribution in [-0.2, 0) is 4.74 Å². The fraction of sp³-hybridized carbons (Fsp3) is 0.615. The lowest BCUT2D eigenvalue weighted by Gasteiger charge is -2.34. The van der Waals surface area contributed by atoms with Crippen molar-refractivity contribution in [3.05, 3.63) is 23.6 Å². The molecule has 0 aliphatic rings. The van der Waals surface area contributed by atoms with Gasteiger partial charge in [0, 0.05) is 18.9 Å². The average molecular weight is 256 g/mol. The van der Waals surface area contributed by atoms with Crippen molar-refractivity contribution in [1.82, 2.24) is 4.98 Å². The maximum atomic E-state index is 14.1. The molecule has 0 amide bonds. The van der Waals surface area contributed by atoms with Crippen LogP contribution in [0, 0.1) is 11.2 Å². The van der Waals surface area contributed by atoms with Gasteiger partial charge in [-0.1, -0.05) is 20.8 Å². The second kappa shape index (κ2) is 5.63. The largest absolute Gasteiger partial charge is 0.479 e. The third-order valence-electron chi connectivity index (χ3n) is 2.87. The van der Waals surface area contributed by atoms with Crippen molar-refractivity contribution in [2.75, 3.05) is 14.2 Å². The first-order valence-corrected chi connectivity index (χ1v) is 5.79. The van der Waals surface area contributed by atoms with Crippen LogP contribution < -0.4 is 10.5 Å². The first-order valence-electron chi connectivity index (χ1n) is 5.79. The van der Waals surface area contributed by atoms with Crippen molar-refractivity contribution >= 4 is 0 Å². The fourth-order valence-corrected chi connectivity index (χ4v) is 2.04. The summed E-state index contributed by atoms with van der Waals surface area (Å²) in [5, 5.41) is 0. The van der Waals surface area contributed by atoms with Crippen molar-refractivity contribution in [2.45, 2.75) is 32.9 Å². The lowest BCUT2D eigenvalue weighted by Crippen LogP contribution is -2.39. The highest BCUT2D eigenvalue weighted by molar-refractivity contribution is 5.27. The molecule has 1 rings (SSSR count). The Morgan fingerprint density at radius 3 is 2.39 bits per heavy atom. The zero-order chi connectivity index (χ0) is 13.9. The summed E-state index contributed by atoms with van der Waals surface area (Å²) in [5.74, 6) is -0.578. The molecule has 0 radical (unpaired) electrons. The number of pyridine rings is 1. The van der Waals surface area contributed by atoms with E-state index in [0.717, 1.165) is 0 Å². The molecule has 0 saturated carbocycles. The van der Waals surface area contributed by atoms with E-state index in [1.165, 1.54) is 13.3 Å². The molecule has 2 N–H and O–H groups in total. The Bertz CT molecular complexity index is 404. The van der Waals surface area contributed by atoms with Gasteiger partial charge in [-0.2, -0.15) is 0 Å². The zero-order valence-corrected chi connectivity index (χ0v) is 11.5. The molecule has 18 heavy (non-hydrogen) atoms. The molecule has 0 aliphatic carbocycles. The summed E-state index contributed by atoms with van der Waals surface area (Å²) in [6, 6.07) is 0.979. The van der Waals surface area contributed by atoms with Crippen LogP contribution in [0.2, 0.25) is 0 Å². The minimum absolute atomic E-state index is 0.0493. The molecule has 0 fully saturated rings. The molecule has 2 atom stereocenters. The number of methoxy groups -OCH3 is 2. The topological polar surface area (TPSA) is 57.4 Å². The lowest BCUT2D eigenvalue weighted by atomic mass is 9.82. The van der Waals surface area contributed by atoms with Crippen molar-refractivity contribution in [3.63, 3.8) is 0 Å². The second-order valence-corrected chi connectivity index (χ2v) is 5.27. The molecule has 1 heterocycles. The van der Waals surface area contributed by atoms with E-state index in [9.17, 15) is 4.39 Å².